The Balaban J connectivity index is 2.11. The van der Waals surface area contributed by atoms with Crippen molar-refractivity contribution in [2.45, 2.75) is 44.0 Å². The third-order valence-electron chi connectivity index (χ3n) is 5.60. The fourth-order valence-electron chi connectivity index (χ4n) is 2.90. The van der Waals surface area contributed by atoms with Gasteiger partial charge in [-0.05, 0) is 64.1 Å². The van der Waals surface area contributed by atoms with Gasteiger partial charge in [0.25, 0.3) is 0 Å². The molecule has 1 heterocycles. The summed E-state index contributed by atoms with van der Waals surface area (Å²) < 4.78 is 45.4. The SMILES string of the molecule is C=C(NC(C(N)I)C(C)(C)C(F)(F)F)c1ccc(-c2ccc(OCC(C)(C)C(=O)O)cc2)nc1. The van der Waals surface area contributed by atoms with Gasteiger partial charge in [-0.15, -0.1) is 0 Å². The van der Waals surface area contributed by atoms with Crippen molar-refractivity contribution in [3.63, 3.8) is 0 Å². The van der Waals surface area contributed by atoms with Crippen molar-refractivity contribution in [3.8, 4) is 17.0 Å². The van der Waals surface area contributed by atoms with Gasteiger partial charge in [0.1, 0.15) is 12.4 Å². The van der Waals surface area contributed by atoms with Crippen molar-refractivity contribution in [3.05, 3.63) is 54.7 Å². The molecule has 186 valence electrons. The molecule has 2 rings (SSSR count). The van der Waals surface area contributed by atoms with Crippen LogP contribution in [0.5, 0.6) is 5.75 Å². The number of hydrogen-bond donors (Lipinski definition) is 3. The van der Waals surface area contributed by atoms with Crippen LogP contribution in [-0.4, -0.2) is 38.9 Å². The highest BCUT2D eigenvalue weighted by Gasteiger charge is 2.53. The summed E-state index contributed by atoms with van der Waals surface area (Å²) in [6.07, 6.45) is -2.92. The van der Waals surface area contributed by atoms with Crippen LogP contribution in [0, 0.1) is 10.8 Å². The van der Waals surface area contributed by atoms with Crippen molar-refractivity contribution in [1.29, 1.82) is 0 Å². The summed E-state index contributed by atoms with van der Waals surface area (Å²) in [4.78, 5) is 15.6. The van der Waals surface area contributed by atoms with E-state index in [0.717, 1.165) is 19.4 Å². The topological polar surface area (TPSA) is 97.5 Å². The molecule has 2 unspecified atom stereocenters. The number of alkyl halides is 4. The average Bonchev–Trinajstić information content (AvgIpc) is 2.75. The van der Waals surface area contributed by atoms with E-state index in [1.807, 2.05) is 0 Å². The molecule has 1 aromatic heterocycles. The summed E-state index contributed by atoms with van der Waals surface area (Å²) in [7, 11) is 0. The number of carboxylic acid groups (broad SMARTS) is 1. The third-order valence-corrected chi connectivity index (χ3v) is 6.32. The van der Waals surface area contributed by atoms with E-state index in [0.29, 0.717) is 22.7 Å². The number of aliphatic carboxylic acids is 1. The van der Waals surface area contributed by atoms with Crippen LogP contribution in [0.4, 0.5) is 13.2 Å². The van der Waals surface area contributed by atoms with Gasteiger partial charge in [-0.3, -0.25) is 9.78 Å². The number of pyridine rings is 1. The van der Waals surface area contributed by atoms with Crippen LogP contribution in [-0.2, 0) is 4.79 Å². The zero-order valence-electron chi connectivity index (χ0n) is 19.4. The first-order chi connectivity index (χ1) is 15.6. The smallest absolute Gasteiger partial charge is 0.396 e. The van der Waals surface area contributed by atoms with Crippen LogP contribution < -0.4 is 15.8 Å². The van der Waals surface area contributed by atoms with Crippen molar-refractivity contribution in [1.82, 2.24) is 10.3 Å². The summed E-state index contributed by atoms with van der Waals surface area (Å²) in [6.45, 7) is 9.27. The molecule has 0 radical (unpaired) electrons. The lowest BCUT2D eigenvalue weighted by Crippen LogP contribution is -2.56. The fourth-order valence-corrected chi connectivity index (χ4v) is 3.97. The maximum absolute atomic E-state index is 13.5. The lowest BCUT2D eigenvalue weighted by Gasteiger charge is -2.39. The minimum absolute atomic E-state index is 0.0246. The van der Waals surface area contributed by atoms with Gasteiger partial charge in [0.2, 0.25) is 0 Å². The van der Waals surface area contributed by atoms with Crippen molar-refractivity contribution < 1.29 is 27.8 Å². The van der Waals surface area contributed by atoms with E-state index < -0.39 is 33.1 Å². The van der Waals surface area contributed by atoms with Gasteiger partial charge in [0, 0.05) is 23.0 Å². The van der Waals surface area contributed by atoms with Crippen LogP contribution in [0.15, 0.2) is 49.2 Å². The van der Waals surface area contributed by atoms with Gasteiger partial charge in [-0.2, -0.15) is 13.2 Å². The maximum Gasteiger partial charge on any atom is 0.396 e. The Morgan fingerprint density at radius 3 is 2.21 bits per heavy atom. The molecule has 0 aliphatic carbocycles. The highest BCUT2D eigenvalue weighted by Crippen LogP contribution is 2.42. The van der Waals surface area contributed by atoms with E-state index in [1.54, 1.807) is 72.8 Å². The molecule has 34 heavy (non-hydrogen) atoms. The van der Waals surface area contributed by atoms with Crippen molar-refractivity contribution in [2.75, 3.05) is 6.61 Å². The third kappa shape index (κ3) is 6.62. The number of nitrogens with one attached hydrogen (secondary N) is 1. The van der Waals surface area contributed by atoms with Crippen LogP contribution in [0.1, 0.15) is 33.3 Å². The van der Waals surface area contributed by atoms with E-state index in [-0.39, 0.29) is 6.61 Å². The molecule has 1 aromatic carbocycles. The first-order valence-corrected chi connectivity index (χ1v) is 11.7. The molecule has 0 amide bonds. The molecule has 6 nitrogen and oxygen atoms in total. The number of rotatable bonds is 10. The average molecular weight is 591 g/mol. The molecular weight excluding hydrogens is 562 g/mol. The second-order valence-electron chi connectivity index (χ2n) is 9.20. The van der Waals surface area contributed by atoms with Crippen molar-refractivity contribution in [2.24, 2.45) is 16.6 Å². The van der Waals surface area contributed by atoms with E-state index in [9.17, 15) is 18.0 Å². The van der Waals surface area contributed by atoms with E-state index >= 15 is 0 Å². The Hall–Kier alpha value is -2.34. The molecule has 0 aliphatic rings. The van der Waals surface area contributed by atoms with Gasteiger partial charge in [-0.1, -0.05) is 29.2 Å². The van der Waals surface area contributed by atoms with Crippen molar-refractivity contribution >= 4 is 34.3 Å². The fraction of sp³-hybridized carbons (Fsp3) is 0.417. The highest BCUT2D eigenvalue weighted by atomic mass is 127. The number of nitrogens with two attached hydrogens (primary N) is 1. The van der Waals surface area contributed by atoms with Crippen LogP contribution >= 0.6 is 22.6 Å². The molecular formula is C24H29F3IN3O3. The Bertz CT molecular complexity index is 1000. The summed E-state index contributed by atoms with van der Waals surface area (Å²) >= 11 is 1.77. The summed E-state index contributed by atoms with van der Waals surface area (Å²) in [5.41, 5.74) is 5.03. The quantitative estimate of drug-likeness (QED) is 0.193. The van der Waals surface area contributed by atoms with Gasteiger partial charge in [0.05, 0.1) is 26.6 Å². The lowest BCUT2D eigenvalue weighted by atomic mass is 9.83. The molecule has 2 aromatic rings. The minimum atomic E-state index is -4.45. The number of nitrogens with zero attached hydrogens (tertiary/aromatic N) is 1. The molecule has 0 bridgehead atoms. The monoisotopic (exact) mass is 591 g/mol. The van der Waals surface area contributed by atoms with Gasteiger partial charge in [-0.25, -0.2) is 0 Å². The predicted molar refractivity (Wildman–Crippen MR) is 134 cm³/mol. The number of ether oxygens (including phenoxy) is 1. The first-order valence-electron chi connectivity index (χ1n) is 10.4. The number of aromatic nitrogens is 1. The largest absolute Gasteiger partial charge is 0.492 e. The number of benzene rings is 1. The zero-order chi connectivity index (χ0) is 25.9. The number of hydrogen-bond acceptors (Lipinski definition) is 5. The Morgan fingerprint density at radius 2 is 1.76 bits per heavy atom. The molecule has 10 heteroatoms. The second kappa shape index (κ2) is 10.5. The minimum Gasteiger partial charge on any atom is -0.492 e. The number of carbonyl (C=O) groups is 1. The molecule has 0 saturated carbocycles. The maximum atomic E-state index is 13.5. The highest BCUT2D eigenvalue weighted by molar-refractivity contribution is 14.1. The lowest BCUT2D eigenvalue weighted by molar-refractivity contribution is -0.219. The number of halogens is 4. The van der Waals surface area contributed by atoms with Gasteiger partial charge >= 0.3 is 12.1 Å². The Kier molecular flexibility index (Phi) is 8.62. The molecule has 0 saturated heterocycles. The first kappa shape index (κ1) is 27.9. The van der Waals surface area contributed by atoms with Crippen LogP contribution in [0.25, 0.3) is 17.0 Å². The molecule has 0 spiro atoms. The van der Waals surface area contributed by atoms with E-state index in [1.165, 1.54) is 6.20 Å². The molecule has 0 aliphatic heterocycles. The van der Waals surface area contributed by atoms with Gasteiger partial charge < -0.3 is 20.9 Å². The zero-order valence-corrected chi connectivity index (χ0v) is 21.6. The van der Waals surface area contributed by atoms with E-state index in [4.69, 9.17) is 15.6 Å². The normalized spacial score (nSPS) is 14.3. The molecule has 4 N–H and O–H groups in total. The van der Waals surface area contributed by atoms with Crippen LogP contribution in [0.2, 0.25) is 0 Å². The Labute approximate surface area is 210 Å². The molecule has 0 fully saturated rings. The molecule has 2 atom stereocenters. The summed E-state index contributed by atoms with van der Waals surface area (Å²) in [6, 6.07) is 9.36. The predicted octanol–water partition coefficient (Wildman–Crippen LogP) is 5.48. The number of carboxylic acids is 1. The van der Waals surface area contributed by atoms with Crippen LogP contribution in [0.3, 0.4) is 0 Å². The van der Waals surface area contributed by atoms with E-state index in [2.05, 4.69) is 16.9 Å². The van der Waals surface area contributed by atoms with Gasteiger partial charge in [0.15, 0.2) is 0 Å². The Morgan fingerprint density at radius 1 is 1.18 bits per heavy atom. The standard InChI is InChI=1S/C24H29F3IN3O3/c1-14(31-19(20(28)29)23(4,5)24(25,26)27)16-8-11-18(30-12-16)15-6-9-17(10-7-15)34-13-22(2,3)21(32)33/h6-12,19-20,31H,1,13,29H2,2-5H3,(H,32,33). The second-order valence-corrected chi connectivity index (χ2v) is 10.6. The summed E-state index contributed by atoms with van der Waals surface area (Å²) in [5, 5.41) is 12.0. The summed E-state index contributed by atoms with van der Waals surface area (Å²) in [5.74, 6) is -0.418.